The number of aryl methyl sites for hydroxylation is 1. The first kappa shape index (κ1) is 16.9. The van der Waals surface area contributed by atoms with E-state index < -0.39 is 0 Å². The van der Waals surface area contributed by atoms with Crippen molar-refractivity contribution in [1.29, 1.82) is 0 Å². The summed E-state index contributed by atoms with van der Waals surface area (Å²) in [7, 11) is 0. The van der Waals surface area contributed by atoms with Gasteiger partial charge in [0, 0.05) is 23.8 Å². The minimum Gasteiger partial charge on any atom is -0.368 e. The number of nitrogen functional groups attached to an aromatic ring is 1. The van der Waals surface area contributed by atoms with Gasteiger partial charge in [-0.3, -0.25) is 4.79 Å². The number of nitrogens with zero attached hydrogens (tertiary/aromatic N) is 3. The molecule has 0 aliphatic heterocycles. The fourth-order valence-corrected chi connectivity index (χ4v) is 2.31. The molecular formula is C17H21FN4O. The predicted octanol–water partition coefficient (Wildman–Crippen LogP) is 2.95. The first-order chi connectivity index (χ1) is 10.9. The average Bonchev–Trinajstić information content (AvgIpc) is 2.52. The topological polar surface area (TPSA) is 72.1 Å². The second-order valence-corrected chi connectivity index (χ2v) is 5.53. The molecule has 2 aromatic rings. The molecule has 1 aromatic heterocycles. The minimum atomic E-state index is -0.327. The Balaban J connectivity index is 2.34. The summed E-state index contributed by atoms with van der Waals surface area (Å²) >= 11 is 0. The number of halogens is 1. The lowest BCUT2D eigenvalue weighted by atomic mass is 10.1. The van der Waals surface area contributed by atoms with E-state index in [-0.39, 0.29) is 36.0 Å². The van der Waals surface area contributed by atoms with Gasteiger partial charge in [0.05, 0.1) is 0 Å². The highest BCUT2D eigenvalue weighted by molar-refractivity contribution is 5.92. The molecule has 122 valence electrons. The molecule has 1 aromatic carbocycles. The third kappa shape index (κ3) is 4.03. The summed E-state index contributed by atoms with van der Waals surface area (Å²) in [4.78, 5) is 22.4. The van der Waals surface area contributed by atoms with Crippen LogP contribution in [0.25, 0.3) is 0 Å². The Morgan fingerprint density at radius 2 is 2.04 bits per heavy atom. The first-order valence-corrected chi connectivity index (χ1v) is 7.58. The van der Waals surface area contributed by atoms with Crippen molar-refractivity contribution >= 4 is 11.9 Å². The van der Waals surface area contributed by atoms with Gasteiger partial charge in [0.2, 0.25) is 5.95 Å². The lowest BCUT2D eigenvalue weighted by Gasteiger charge is -2.28. The lowest BCUT2D eigenvalue weighted by molar-refractivity contribution is 0.0663. The van der Waals surface area contributed by atoms with Crippen molar-refractivity contribution in [2.45, 2.75) is 39.8 Å². The second kappa shape index (κ2) is 7.17. The zero-order valence-electron chi connectivity index (χ0n) is 13.6. The molecule has 1 heterocycles. The van der Waals surface area contributed by atoms with Crippen LogP contribution in [0, 0.1) is 12.7 Å². The molecule has 0 bridgehead atoms. The Kier molecular flexibility index (Phi) is 5.26. The number of rotatable bonds is 5. The van der Waals surface area contributed by atoms with Crippen molar-refractivity contribution in [2.75, 3.05) is 5.73 Å². The van der Waals surface area contributed by atoms with Crippen molar-refractivity contribution in [3.63, 3.8) is 0 Å². The SMILES string of the molecule is CCC(C)N(Cc1ccccc1F)C(=O)c1cc(C)nc(N)n1. The van der Waals surface area contributed by atoms with E-state index in [1.54, 1.807) is 36.1 Å². The highest BCUT2D eigenvalue weighted by atomic mass is 19.1. The van der Waals surface area contributed by atoms with Crippen LogP contribution in [0.4, 0.5) is 10.3 Å². The molecule has 6 heteroatoms. The number of hydrogen-bond acceptors (Lipinski definition) is 4. The summed E-state index contributed by atoms with van der Waals surface area (Å²) in [5, 5.41) is 0. The maximum absolute atomic E-state index is 13.9. The minimum absolute atomic E-state index is 0.0568. The van der Waals surface area contributed by atoms with Gasteiger partial charge in [-0.2, -0.15) is 0 Å². The Bertz CT molecular complexity index is 684. The number of benzene rings is 1. The van der Waals surface area contributed by atoms with Crippen molar-refractivity contribution in [3.05, 3.63) is 53.1 Å². The molecule has 0 aliphatic rings. The van der Waals surface area contributed by atoms with Gasteiger partial charge in [0.15, 0.2) is 0 Å². The molecule has 0 spiro atoms. The summed E-state index contributed by atoms with van der Waals surface area (Å²) in [6.07, 6.45) is 0.750. The first-order valence-electron chi connectivity index (χ1n) is 7.58. The zero-order chi connectivity index (χ0) is 17.0. The molecule has 0 saturated heterocycles. The summed E-state index contributed by atoms with van der Waals surface area (Å²) in [5.74, 6) is -0.546. The Morgan fingerprint density at radius 1 is 1.35 bits per heavy atom. The third-order valence-corrected chi connectivity index (χ3v) is 3.77. The van der Waals surface area contributed by atoms with Gasteiger partial charge < -0.3 is 10.6 Å². The van der Waals surface area contributed by atoms with Gasteiger partial charge in [0.1, 0.15) is 11.5 Å². The quantitative estimate of drug-likeness (QED) is 0.920. The van der Waals surface area contributed by atoms with Crippen LogP contribution in [0.15, 0.2) is 30.3 Å². The number of amides is 1. The van der Waals surface area contributed by atoms with Crippen LogP contribution in [0.2, 0.25) is 0 Å². The van der Waals surface area contributed by atoms with Crippen LogP contribution in [0.5, 0.6) is 0 Å². The number of aromatic nitrogens is 2. The third-order valence-electron chi connectivity index (χ3n) is 3.77. The van der Waals surface area contributed by atoms with Crippen molar-refractivity contribution < 1.29 is 9.18 Å². The number of carbonyl (C=O) groups excluding carboxylic acids is 1. The van der Waals surface area contributed by atoms with Gasteiger partial charge in [-0.25, -0.2) is 14.4 Å². The zero-order valence-corrected chi connectivity index (χ0v) is 13.6. The van der Waals surface area contributed by atoms with Gasteiger partial charge in [-0.05, 0) is 32.4 Å². The predicted molar refractivity (Wildman–Crippen MR) is 87.2 cm³/mol. The summed E-state index contributed by atoms with van der Waals surface area (Å²) in [6, 6.07) is 7.99. The van der Waals surface area contributed by atoms with Gasteiger partial charge in [0.25, 0.3) is 5.91 Å². The number of nitrogens with two attached hydrogens (primary N) is 1. The molecule has 23 heavy (non-hydrogen) atoms. The smallest absolute Gasteiger partial charge is 0.273 e. The molecule has 0 aliphatic carbocycles. The molecule has 0 fully saturated rings. The molecule has 1 unspecified atom stereocenters. The molecule has 2 rings (SSSR count). The summed E-state index contributed by atoms with van der Waals surface area (Å²) in [6.45, 7) is 5.84. The van der Waals surface area contributed by atoms with Gasteiger partial charge in [-0.1, -0.05) is 25.1 Å². The lowest BCUT2D eigenvalue weighted by Crippen LogP contribution is -2.38. The Hall–Kier alpha value is -2.50. The fourth-order valence-electron chi connectivity index (χ4n) is 2.31. The molecule has 2 N–H and O–H groups in total. The van der Waals surface area contributed by atoms with Crippen molar-refractivity contribution in [2.24, 2.45) is 0 Å². The van der Waals surface area contributed by atoms with Crippen molar-refractivity contribution in [1.82, 2.24) is 14.9 Å². The van der Waals surface area contributed by atoms with E-state index in [1.165, 1.54) is 6.07 Å². The highest BCUT2D eigenvalue weighted by Gasteiger charge is 2.23. The summed E-state index contributed by atoms with van der Waals surface area (Å²) in [5.41, 5.74) is 6.95. The van der Waals surface area contributed by atoms with Crippen LogP contribution < -0.4 is 5.73 Å². The van der Waals surface area contributed by atoms with E-state index in [0.717, 1.165) is 6.42 Å². The Morgan fingerprint density at radius 3 is 2.65 bits per heavy atom. The van der Waals surface area contributed by atoms with Gasteiger partial charge in [-0.15, -0.1) is 0 Å². The van der Waals surface area contributed by atoms with E-state index >= 15 is 0 Å². The van der Waals surface area contributed by atoms with Crippen LogP contribution in [-0.4, -0.2) is 26.8 Å². The van der Waals surface area contributed by atoms with E-state index in [9.17, 15) is 9.18 Å². The molecular weight excluding hydrogens is 295 g/mol. The van der Waals surface area contributed by atoms with Crippen molar-refractivity contribution in [3.8, 4) is 0 Å². The number of carbonyl (C=O) groups is 1. The molecule has 5 nitrogen and oxygen atoms in total. The number of anilines is 1. The van der Waals surface area contributed by atoms with E-state index in [4.69, 9.17) is 5.73 Å². The van der Waals surface area contributed by atoms with E-state index in [2.05, 4.69) is 9.97 Å². The molecule has 1 atom stereocenters. The molecule has 0 saturated carbocycles. The molecule has 0 radical (unpaired) electrons. The molecule has 1 amide bonds. The largest absolute Gasteiger partial charge is 0.368 e. The highest BCUT2D eigenvalue weighted by Crippen LogP contribution is 2.17. The Labute approximate surface area is 135 Å². The van der Waals surface area contributed by atoms with Gasteiger partial charge >= 0.3 is 0 Å². The number of hydrogen-bond donors (Lipinski definition) is 1. The second-order valence-electron chi connectivity index (χ2n) is 5.53. The van der Waals surface area contributed by atoms with E-state index in [1.807, 2.05) is 13.8 Å². The van der Waals surface area contributed by atoms with E-state index in [0.29, 0.717) is 11.3 Å². The van der Waals surface area contributed by atoms with Crippen LogP contribution in [0.1, 0.15) is 42.0 Å². The van der Waals surface area contributed by atoms with Crippen LogP contribution >= 0.6 is 0 Å². The fraction of sp³-hybridized carbons (Fsp3) is 0.353. The monoisotopic (exact) mass is 316 g/mol. The van der Waals surface area contributed by atoms with Crippen LogP contribution in [0.3, 0.4) is 0 Å². The average molecular weight is 316 g/mol. The maximum atomic E-state index is 13.9. The maximum Gasteiger partial charge on any atom is 0.273 e. The summed E-state index contributed by atoms with van der Waals surface area (Å²) < 4.78 is 13.9. The normalized spacial score (nSPS) is 12.0. The van der Waals surface area contributed by atoms with Crippen LogP contribution in [-0.2, 0) is 6.54 Å². The standard InChI is InChI=1S/C17H21FN4O/c1-4-12(3)22(10-13-7-5-6-8-14(13)18)16(23)15-9-11(2)20-17(19)21-15/h5-9,12H,4,10H2,1-3H3,(H2,19,20,21).